The van der Waals surface area contributed by atoms with E-state index in [2.05, 4.69) is 4.98 Å². The van der Waals surface area contributed by atoms with Crippen molar-refractivity contribution in [1.29, 1.82) is 0 Å². The van der Waals surface area contributed by atoms with Gasteiger partial charge in [-0.1, -0.05) is 0 Å². The van der Waals surface area contributed by atoms with E-state index in [4.69, 9.17) is 11.5 Å². The second-order valence-corrected chi connectivity index (χ2v) is 2.59. The second-order valence-electron chi connectivity index (χ2n) is 2.59. The SMILES string of the molecule is CC(=O)C(N)c1ccncc1N. The maximum Gasteiger partial charge on any atom is 0.151 e. The van der Waals surface area contributed by atoms with E-state index in [1.165, 1.54) is 13.1 Å². The first-order valence-electron chi connectivity index (χ1n) is 3.58. The number of aromatic nitrogens is 1. The molecule has 0 aliphatic carbocycles. The Kier molecular flexibility index (Phi) is 2.40. The molecule has 0 aromatic carbocycles. The smallest absolute Gasteiger partial charge is 0.151 e. The maximum atomic E-state index is 10.9. The third kappa shape index (κ3) is 1.60. The van der Waals surface area contributed by atoms with Gasteiger partial charge in [-0.25, -0.2) is 0 Å². The molecule has 0 aliphatic heterocycles. The van der Waals surface area contributed by atoms with E-state index in [1.54, 1.807) is 12.3 Å². The summed E-state index contributed by atoms with van der Waals surface area (Å²) in [4.78, 5) is 14.7. The molecule has 0 saturated carbocycles. The fourth-order valence-electron chi connectivity index (χ4n) is 0.920. The summed E-state index contributed by atoms with van der Waals surface area (Å²) in [7, 11) is 0. The van der Waals surface area contributed by atoms with Crippen LogP contribution >= 0.6 is 0 Å². The van der Waals surface area contributed by atoms with Gasteiger partial charge in [-0.05, 0) is 13.0 Å². The molecule has 1 unspecified atom stereocenters. The quantitative estimate of drug-likeness (QED) is 0.658. The number of hydrogen-bond acceptors (Lipinski definition) is 4. The fraction of sp³-hybridized carbons (Fsp3) is 0.250. The number of Topliss-reactive ketones (excluding diaryl/α,β-unsaturated/α-hetero) is 1. The van der Waals surface area contributed by atoms with Crippen molar-refractivity contribution in [2.24, 2.45) is 5.73 Å². The van der Waals surface area contributed by atoms with Gasteiger partial charge in [0, 0.05) is 11.8 Å². The van der Waals surface area contributed by atoms with Gasteiger partial charge in [0.15, 0.2) is 5.78 Å². The normalized spacial score (nSPS) is 12.5. The number of nitrogen functional groups attached to an aromatic ring is 1. The molecule has 1 heterocycles. The van der Waals surface area contributed by atoms with Gasteiger partial charge in [-0.3, -0.25) is 9.78 Å². The predicted molar refractivity (Wildman–Crippen MR) is 46.3 cm³/mol. The summed E-state index contributed by atoms with van der Waals surface area (Å²) < 4.78 is 0. The molecule has 0 bridgehead atoms. The summed E-state index contributed by atoms with van der Waals surface area (Å²) in [6.07, 6.45) is 3.05. The molecular formula is C8H11N3O. The topological polar surface area (TPSA) is 82.0 Å². The van der Waals surface area contributed by atoms with E-state index in [0.29, 0.717) is 11.3 Å². The third-order valence-corrected chi connectivity index (χ3v) is 1.66. The summed E-state index contributed by atoms with van der Waals surface area (Å²) in [5, 5.41) is 0. The van der Waals surface area contributed by atoms with Crippen molar-refractivity contribution in [3.63, 3.8) is 0 Å². The van der Waals surface area contributed by atoms with Crippen LogP contribution in [0.4, 0.5) is 5.69 Å². The summed E-state index contributed by atoms with van der Waals surface area (Å²) in [5.74, 6) is -0.104. The average Bonchev–Trinajstić information content (AvgIpc) is 2.04. The number of nitrogens with two attached hydrogens (primary N) is 2. The number of hydrogen-bond donors (Lipinski definition) is 2. The lowest BCUT2D eigenvalue weighted by Gasteiger charge is -2.09. The number of ketones is 1. The van der Waals surface area contributed by atoms with Crippen LogP contribution in [-0.4, -0.2) is 10.8 Å². The molecule has 0 saturated heterocycles. The van der Waals surface area contributed by atoms with Crippen LogP contribution < -0.4 is 11.5 Å². The van der Waals surface area contributed by atoms with Crippen LogP contribution in [0.3, 0.4) is 0 Å². The minimum Gasteiger partial charge on any atom is -0.397 e. The van der Waals surface area contributed by atoms with Crippen molar-refractivity contribution in [2.45, 2.75) is 13.0 Å². The highest BCUT2D eigenvalue weighted by atomic mass is 16.1. The first kappa shape index (κ1) is 8.67. The zero-order valence-corrected chi connectivity index (χ0v) is 6.82. The zero-order valence-electron chi connectivity index (χ0n) is 6.82. The number of anilines is 1. The van der Waals surface area contributed by atoms with Gasteiger partial charge in [-0.2, -0.15) is 0 Å². The number of pyridine rings is 1. The van der Waals surface area contributed by atoms with E-state index < -0.39 is 6.04 Å². The van der Waals surface area contributed by atoms with E-state index in [9.17, 15) is 4.79 Å². The molecule has 0 aliphatic rings. The summed E-state index contributed by atoms with van der Waals surface area (Å²) in [6.45, 7) is 1.44. The van der Waals surface area contributed by atoms with Crippen LogP contribution in [0.15, 0.2) is 18.5 Å². The van der Waals surface area contributed by atoms with Crippen molar-refractivity contribution < 1.29 is 4.79 Å². The van der Waals surface area contributed by atoms with Crippen molar-refractivity contribution in [3.8, 4) is 0 Å². The first-order valence-corrected chi connectivity index (χ1v) is 3.58. The van der Waals surface area contributed by atoms with Crippen molar-refractivity contribution in [3.05, 3.63) is 24.0 Å². The average molecular weight is 165 g/mol. The van der Waals surface area contributed by atoms with Gasteiger partial charge in [0.05, 0.1) is 17.9 Å². The van der Waals surface area contributed by atoms with Gasteiger partial charge in [0.1, 0.15) is 0 Å². The van der Waals surface area contributed by atoms with Crippen LogP contribution in [0.2, 0.25) is 0 Å². The Hall–Kier alpha value is -1.42. The molecule has 0 spiro atoms. The van der Waals surface area contributed by atoms with Crippen LogP contribution in [0.1, 0.15) is 18.5 Å². The lowest BCUT2D eigenvalue weighted by molar-refractivity contribution is -0.118. The lowest BCUT2D eigenvalue weighted by Crippen LogP contribution is -2.19. The van der Waals surface area contributed by atoms with Crippen molar-refractivity contribution in [1.82, 2.24) is 4.98 Å². The van der Waals surface area contributed by atoms with Gasteiger partial charge in [0.2, 0.25) is 0 Å². The predicted octanol–water partition coefficient (Wildman–Crippen LogP) is 0.253. The number of carbonyl (C=O) groups is 1. The largest absolute Gasteiger partial charge is 0.397 e. The summed E-state index contributed by atoms with van der Waals surface area (Å²) in [6, 6.07) is 1.02. The molecule has 1 atom stereocenters. The molecule has 0 fully saturated rings. The Labute approximate surface area is 70.6 Å². The molecule has 1 aromatic rings. The number of rotatable bonds is 2. The Morgan fingerprint density at radius 3 is 2.83 bits per heavy atom. The molecule has 0 radical (unpaired) electrons. The molecule has 12 heavy (non-hydrogen) atoms. The lowest BCUT2D eigenvalue weighted by atomic mass is 10.0. The maximum absolute atomic E-state index is 10.9. The highest BCUT2D eigenvalue weighted by Gasteiger charge is 2.12. The third-order valence-electron chi connectivity index (χ3n) is 1.66. The molecule has 0 amide bonds. The van der Waals surface area contributed by atoms with Crippen LogP contribution in [-0.2, 0) is 4.79 Å². The van der Waals surface area contributed by atoms with Gasteiger partial charge in [-0.15, -0.1) is 0 Å². The first-order chi connectivity index (χ1) is 5.63. The van der Waals surface area contributed by atoms with Crippen LogP contribution in [0.25, 0.3) is 0 Å². The number of nitrogens with zero attached hydrogens (tertiary/aromatic N) is 1. The fourth-order valence-corrected chi connectivity index (χ4v) is 0.920. The molecule has 64 valence electrons. The van der Waals surface area contributed by atoms with E-state index in [0.717, 1.165) is 0 Å². The summed E-state index contributed by atoms with van der Waals surface area (Å²) in [5.41, 5.74) is 12.2. The van der Waals surface area contributed by atoms with Gasteiger partial charge in [0.25, 0.3) is 0 Å². The second kappa shape index (κ2) is 3.32. The standard InChI is InChI=1S/C8H11N3O/c1-5(12)8(10)6-2-3-11-4-7(6)9/h2-4,8H,9-10H2,1H3. The molecular weight excluding hydrogens is 154 g/mol. The van der Waals surface area contributed by atoms with E-state index >= 15 is 0 Å². The monoisotopic (exact) mass is 165 g/mol. The highest BCUT2D eigenvalue weighted by Crippen LogP contribution is 2.16. The Morgan fingerprint density at radius 2 is 2.33 bits per heavy atom. The minimum absolute atomic E-state index is 0.104. The van der Waals surface area contributed by atoms with Gasteiger partial charge < -0.3 is 11.5 Å². The zero-order chi connectivity index (χ0) is 9.14. The van der Waals surface area contributed by atoms with E-state index in [-0.39, 0.29) is 5.78 Å². The Balaban J connectivity index is 3.02. The summed E-state index contributed by atoms with van der Waals surface area (Å²) >= 11 is 0. The van der Waals surface area contributed by atoms with Crippen molar-refractivity contribution in [2.75, 3.05) is 5.73 Å². The number of carbonyl (C=O) groups excluding carboxylic acids is 1. The molecule has 1 rings (SSSR count). The molecule has 4 N–H and O–H groups in total. The molecule has 4 nitrogen and oxygen atoms in total. The van der Waals surface area contributed by atoms with E-state index in [1.807, 2.05) is 0 Å². The Bertz CT molecular complexity index is 298. The van der Waals surface area contributed by atoms with Crippen LogP contribution in [0.5, 0.6) is 0 Å². The Morgan fingerprint density at radius 1 is 1.67 bits per heavy atom. The van der Waals surface area contributed by atoms with Gasteiger partial charge >= 0.3 is 0 Å². The highest BCUT2D eigenvalue weighted by molar-refractivity contribution is 5.84. The minimum atomic E-state index is -0.631. The molecule has 1 aromatic heterocycles. The van der Waals surface area contributed by atoms with Crippen molar-refractivity contribution >= 4 is 11.5 Å². The van der Waals surface area contributed by atoms with Crippen LogP contribution in [0, 0.1) is 0 Å². The molecule has 4 heteroatoms.